The number of thiazole rings is 1. The van der Waals surface area contributed by atoms with Gasteiger partial charge in [-0.15, -0.1) is 11.3 Å². The van der Waals surface area contributed by atoms with Gasteiger partial charge < -0.3 is 5.73 Å². The summed E-state index contributed by atoms with van der Waals surface area (Å²) in [6.07, 6.45) is 0. The Morgan fingerprint density at radius 3 is 2.88 bits per heavy atom. The lowest BCUT2D eigenvalue weighted by molar-refractivity contribution is 0.0997. The molecule has 2 aromatic rings. The van der Waals surface area contributed by atoms with E-state index in [4.69, 9.17) is 17.3 Å². The van der Waals surface area contributed by atoms with E-state index in [1.165, 1.54) is 12.1 Å². The van der Waals surface area contributed by atoms with Gasteiger partial charge in [0.15, 0.2) is 4.47 Å². The maximum Gasteiger partial charge on any atom is 0.268 e. The SMILES string of the molecule is NC(=O)c1nc(Cl)sc1-c1cccc(F)c1. The summed E-state index contributed by atoms with van der Waals surface area (Å²) in [6, 6.07) is 5.83. The van der Waals surface area contributed by atoms with Crippen LogP contribution in [0.2, 0.25) is 4.47 Å². The Hall–Kier alpha value is -1.46. The Morgan fingerprint density at radius 1 is 1.50 bits per heavy atom. The fourth-order valence-corrected chi connectivity index (χ4v) is 2.40. The van der Waals surface area contributed by atoms with Crippen LogP contribution in [0, 0.1) is 5.82 Å². The number of hydrogen-bond acceptors (Lipinski definition) is 3. The number of aromatic nitrogens is 1. The van der Waals surface area contributed by atoms with Gasteiger partial charge in [0, 0.05) is 0 Å². The van der Waals surface area contributed by atoms with Crippen molar-refractivity contribution in [3.05, 3.63) is 40.2 Å². The third-order valence-corrected chi connectivity index (χ3v) is 3.13. The van der Waals surface area contributed by atoms with Crippen molar-refractivity contribution in [1.29, 1.82) is 0 Å². The molecule has 0 aliphatic carbocycles. The first-order chi connectivity index (χ1) is 7.58. The van der Waals surface area contributed by atoms with E-state index in [0.717, 1.165) is 11.3 Å². The smallest absolute Gasteiger partial charge is 0.268 e. The van der Waals surface area contributed by atoms with E-state index in [0.29, 0.717) is 10.4 Å². The zero-order valence-corrected chi connectivity index (χ0v) is 9.48. The van der Waals surface area contributed by atoms with Crippen LogP contribution in [0.1, 0.15) is 10.5 Å². The highest BCUT2D eigenvalue weighted by Gasteiger charge is 2.16. The number of amides is 1. The van der Waals surface area contributed by atoms with E-state index in [-0.39, 0.29) is 10.2 Å². The third kappa shape index (κ3) is 2.05. The molecule has 0 saturated carbocycles. The quantitative estimate of drug-likeness (QED) is 0.898. The van der Waals surface area contributed by atoms with Crippen LogP contribution in [0.15, 0.2) is 24.3 Å². The van der Waals surface area contributed by atoms with Crippen molar-refractivity contribution < 1.29 is 9.18 Å². The van der Waals surface area contributed by atoms with Crippen LogP contribution in [0.3, 0.4) is 0 Å². The van der Waals surface area contributed by atoms with Crippen LogP contribution in [0.4, 0.5) is 4.39 Å². The second-order valence-corrected chi connectivity index (χ2v) is 4.60. The second kappa shape index (κ2) is 4.19. The van der Waals surface area contributed by atoms with Gasteiger partial charge >= 0.3 is 0 Å². The topological polar surface area (TPSA) is 56.0 Å². The summed E-state index contributed by atoms with van der Waals surface area (Å²) in [5, 5.41) is 0. The summed E-state index contributed by atoms with van der Waals surface area (Å²) in [5.74, 6) is -1.07. The molecule has 2 N–H and O–H groups in total. The molecule has 0 aliphatic rings. The first-order valence-electron chi connectivity index (χ1n) is 4.30. The maximum atomic E-state index is 13.0. The van der Waals surface area contributed by atoms with E-state index < -0.39 is 11.7 Å². The lowest BCUT2D eigenvalue weighted by Gasteiger charge is -1.98. The summed E-state index contributed by atoms with van der Waals surface area (Å²) in [7, 11) is 0. The van der Waals surface area contributed by atoms with Crippen LogP contribution < -0.4 is 5.73 Å². The lowest BCUT2D eigenvalue weighted by atomic mass is 10.1. The zero-order chi connectivity index (χ0) is 11.7. The summed E-state index contributed by atoms with van der Waals surface area (Å²) >= 11 is 6.80. The molecule has 0 radical (unpaired) electrons. The fourth-order valence-electron chi connectivity index (χ4n) is 1.29. The number of halogens is 2. The molecule has 0 atom stereocenters. The van der Waals surface area contributed by atoms with E-state index in [1.54, 1.807) is 12.1 Å². The summed E-state index contributed by atoms with van der Waals surface area (Å²) < 4.78 is 13.2. The average Bonchev–Trinajstić information content (AvgIpc) is 2.60. The Morgan fingerprint density at radius 2 is 2.25 bits per heavy atom. The minimum atomic E-state index is -0.678. The minimum absolute atomic E-state index is 0.0700. The molecule has 0 unspecified atom stereocenters. The van der Waals surface area contributed by atoms with Gasteiger partial charge in [0.25, 0.3) is 5.91 Å². The van der Waals surface area contributed by atoms with Crippen molar-refractivity contribution in [2.24, 2.45) is 5.73 Å². The number of carbonyl (C=O) groups excluding carboxylic acids is 1. The van der Waals surface area contributed by atoms with Gasteiger partial charge in [0.2, 0.25) is 0 Å². The largest absolute Gasteiger partial charge is 0.364 e. The Balaban J connectivity index is 2.59. The van der Waals surface area contributed by atoms with Crippen LogP contribution >= 0.6 is 22.9 Å². The highest BCUT2D eigenvalue weighted by atomic mass is 35.5. The summed E-state index contributed by atoms with van der Waals surface area (Å²) in [6.45, 7) is 0. The molecule has 82 valence electrons. The number of rotatable bonds is 2. The van der Waals surface area contributed by atoms with Crippen molar-refractivity contribution in [3.63, 3.8) is 0 Å². The zero-order valence-electron chi connectivity index (χ0n) is 7.91. The van der Waals surface area contributed by atoms with Crippen molar-refractivity contribution in [1.82, 2.24) is 4.98 Å². The lowest BCUT2D eigenvalue weighted by Crippen LogP contribution is -2.12. The van der Waals surface area contributed by atoms with Gasteiger partial charge in [-0.3, -0.25) is 4.79 Å². The van der Waals surface area contributed by atoms with Crippen molar-refractivity contribution in [3.8, 4) is 10.4 Å². The molecule has 1 heterocycles. The van der Waals surface area contributed by atoms with Crippen LogP contribution in [-0.4, -0.2) is 10.9 Å². The molecule has 6 heteroatoms. The minimum Gasteiger partial charge on any atom is -0.364 e. The number of benzene rings is 1. The average molecular weight is 257 g/mol. The van der Waals surface area contributed by atoms with E-state index in [1.807, 2.05) is 0 Å². The normalized spacial score (nSPS) is 10.4. The molecule has 2 rings (SSSR count). The molecule has 16 heavy (non-hydrogen) atoms. The van der Waals surface area contributed by atoms with Crippen LogP contribution in [-0.2, 0) is 0 Å². The van der Waals surface area contributed by atoms with Gasteiger partial charge in [-0.1, -0.05) is 23.7 Å². The fraction of sp³-hybridized carbons (Fsp3) is 0. The molecule has 0 fully saturated rings. The molecule has 0 saturated heterocycles. The highest BCUT2D eigenvalue weighted by molar-refractivity contribution is 7.19. The summed E-state index contributed by atoms with van der Waals surface area (Å²) in [4.78, 5) is 15.4. The Kier molecular flexibility index (Phi) is 2.89. The number of hydrogen-bond donors (Lipinski definition) is 1. The van der Waals surface area contributed by atoms with Gasteiger partial charge in [0.05, 0.1) is 4.88 Å². The van der Waals surface area contributed by atoms with Gasteiger partial charge in [-0.05, 0) is 17.7 Å². The van der Waals surface area contributed by atoms with Gasteiger partial charge in [-0.2, -0.15) is 0 Å². The third-order valence-electron chi connectivity index (χ3n) is 1.92. The van der Waals surface area contributed by atoms with Crippen molar-refractivity contribution in [2.45, 2.75) is 0 Å². The predicted octanol–water partition coefficient (Wildman–Crippen LogP) is 2.70. The van der Waals surface area contributed by atoms with Crippen LogP contribution in [0.25, 0.3) is 10.4 Å². The Labute approximate surface area is 99.7 Å². The first kappa shape index (κ1) is 11.0. The highest BCUT2D eigenvalue weighted by Crippen LogP contribution is 2.32. The number of carbonyl (C=O) groups is 1. The van der Waals surface area contributed by atoms with Gasteiger partial charge in [0.1, 0.15) is 11.5 Å². The molecular weight excluding hydrogens is 251 g/mol. The molecular formula is C10H6ClFN2OS. The monoisotopic (exact) mass is 256 g/mol. The van der Waals surface area contributed by atoms with Crippen molar-refractivity contribution >= 4 is 28.8 Å². The molecule has 1 aromatic carbocycles. The van der Waals surface area contributed by atoms with E-state index in [9.17, 15) is 9.18 Å². The molecule has 0 aliphatic heterocycles. The molecule has 0 spiro atoms. The summed E-state index contributed by atoms with van der Waals surface area (Å²) in [5.41, 5.74) is 5.77. The number of primary amides is 1. The molecule has 1 amide bonds. The van der Waals surface area contributed by atoms with Gasteiger partial charge in [-0.25, -0.2) is 9.37 Å². The standard InChI is InChI=1S/C10H6ClFN2OS/c11-10-14-7(9(13)15)8(16-10)5-2-1-3-6(12)4-5/h1-4H,(H2,13,15). The number of nitrogens with two attached hydrogens (primary N) is 1. The first-order valence-corrected chi connectivity index (χ1v) is 5.49. The number of nitrogens with zero attached hydrogens (tertiary/aromatic N) is 1. The van der Waals surface area contributed by atoms with Crippen LogP contribution in [0.5, 0.6) is 0 Å². The molecule has 1 aromatic heterocycles. The van der Waals surface area contributed by atoms with Crippen molar-refractivity contribution in [2.75, 3.05) is 0 Å². The van der Waals surface area contributed by atoms with E-state index in [2.05, 4.69) is 4.98 Å². The predicted molar refractivity (Wildman–Crippen MR) is 61.0 cm³/mol. The molecule has 3 nitrogen and oxygen atoms in total. The van der Waals surface area contributed by atoms with E-state index >= 15 is 0 Å². The Bertz CT molecular complexity index is 556. The second-order valence-electron chi connectivity index (χ2n) is 3.02. The molecule has 0 bridgehead atoms. The maximum absolute atomic E-state index is 13.0.